The second kappa shape index (κ2) is 8.89. The summed E-state index contributed by atoms with van der Waals surface area (Å²) in [4.78, 5) is 24.8. The van der Waals surface area contributed by atoms with Gasteiger partial charge in [-0.3, -0.25) is 19.8 Å². The molecular formula is C17H22N4O3. The molecule has 0 atom stereocenters. The Morgan fingerprint density at radius 2 is 2.04 bits per heavy atom. The number of terminal acetylenes is 1. The first kappa shape index (κ1) is 17.8. The van der Waals surface area contributed by atoms with E-state index in [2.05, 4.69) is 21.5 Å². The van der Waals surface area contributed by atoms with E-state index in [1.807, 2.05) is 0 Å². The quantitative estimate of drug-likeness (QED) is 0.342. The lowest BCUT2D eigenvalue weighted by Crippen LogP contribution is -2.41. The van der Waals surface area contributed by atoms with Crippen LogP contribution in [-0.2, 0) is 4.79 Å². The zero-order valence-corrected chi connectivity index (χ0v) is 13.5. The summed E-state index contributed by atoms with van der Waals surface area (Å²) < 4.78 is 0. The van der Waals surface area contributed by atoms with Gasteiger partial charge < -0.3 is 10.6 Å². The van der Waals surface area contributed by atoms with Gasteiger partial charge in [-0.15, -0.1) is 6.42 Å². The highest BCUT2D eigenvalue weighted by Gasteiger charge is 2.24. The number of para-hydroxylation sites is 2. The van der Waals surface area contributed by atoms with Gasteiger partial charge in [0.15, 0.2) is 0 Å². The van der Waals surface area contributed by atoms with E-state index >= 15 is 0 Å². The Kier molecular flexibility index (Phi) is 6.58. The van der Waals surface area contributed by atoms with Gasteiger partial charge in [0, 0.05) is 25.1 Å². The van der Waals surface area contributed by atoms with E-state index < -0.39 is 4.92 Å². The smallest absolute Gasteiger partial charge is 0.292 e. The third-order valence-corrected chi connectivity index (χ3v) is 4.11. The summed E-state index contributed by atoms with van der Waals surface area (Å²) in [7, 11) is 0. The molecule has 0 spiro atoms. The zero-order chi connectivity index (χ0) is 17.4. The highest BCUT2D eigenvalue weighted by Crippen LogP contribution is 2.22. The number of hydrogen-bond donors (Lipinski definition) is 2. The van der Waals surface area contributed by atoms with Crippen LogP contribution in [0, 0.1) is 28.4 Å². The minimum absolute atomic E-state index is 0.0186. The van der Waals surface area contributed by atoms with E-state index in [1.165, 1.54) is 6.07 Å². The number of carbonyl (C=O) groups is 1. The normalized spacial score (nSPS) is 15.5. The number of likely N-dealkylation sites (tertiary alicyclic amines) is 1. The van der Waals surface area contributed by atoms with E-state index in [-0.39, 0.29) is 17.5 Å². The number of hydrogen-bond acceptors (Lipinski definition) is 5. The second-order valence-electron chi connectivity index (χ2n) is 5.75. The van der Waals surface area contributed by atoms with Gasteiger partial charge >= 0.3 is 0 Å². The van der Waals surface area contributed by atoms with Crippen LogP contribution in [0.25, 0.3) is 0 Å². The standard InChI is InChI=1S/C17H22N4O3/c1-2-11-20-12-7-14(8-13-20)17(22)19-10-9-18-15-5-3-4-6-16(15)21(23)24/h1,3-6,14,18H,7-13H2,(H,19,22). The fourth-order valence-corrected chi connectivity index (χ4v) is 2.79. The van der Waals surface area contributed by atoms with Crippen molar-refractivity contribution < 1.29 is 9.72 Å². The number of benzene rings is 1. The molecule has 7 heteroatoms. The summed E-state index contributed by atoms with van der Waals surface area (Å²) in [6.07, 6.45) is 6.91. The van der Waals surface area contributed by atoms with Gasteiger partial charge in [0.25, 0.3) is 5.69 Å². The molecule has 2 N–H and O–H groups in total. The van der Waals surface area contributed by atoms with Gasteiger partial charge in [-0.05, 0) is 32.0 Å². The van der Waals surface area contributed by atoms with Crippen LogP contribution in [0.1, 0.15) is 12.8 Å². The van der Waals surface area contributed by atoms with Gasteiger partial charge in [0.05, 0.1) is 11.5 Å². The monoisotopic (exact) mass is 330 g/mol. The van der Waals surface area contributed by atoms with Gasteiger partial charge in [-0.2, -0.15) is 0 Å². The molecule has 1 aromatic rings. The molecule has 0 aliphatic carbocycles. The van der Waals surface area contributed by atoms with E-state index in [9.17, 15) is 14.9 Å². The molecule has 128 valence electrons. The first-order valence-corrected chi connectivity index (χ1v) is 8.02. The molecule has 1 aliphatic heterocycles. The van der Waals surface area contributed by atoms with E-state index in [4.69, 9.17) is 6.42 Å². The molecule has 0 bridgehead atoms. The van der Waals surface area contributed by atoms with E-state index in [1.54, 1.807) is 18.2 Å². The van der Waals surface area contributed by atoms with Crippen molar-refractivity contribution >= 4 is 17.3 Å². The Labute approximate surface area is 141 Å². The van der Waals surface area contributed by atoms with Gasteiger partial charge in [0.2, 0.25) is 5.91 Å². The van der Waals surface area contributed by atoms with E-state index in [0.717, 1.165) is 25.9 Å². The maximum atomic E-state index is 12.1. The van der Waals surface area contributed by atoms with Crippen molar-refractivity contribution in [3.8, 4) is 12.3 Å². The number of carbonyl (C=O) groups excluding carboxylic acids is 1. The number of amides is 1. The highest BCUT2D eigenvalue weighted by atomic mass is 16.6. The molecule has 0 saturated carbocycles. The number of rotatable bonds is 7. The van der Waals surface area contributed by atoms with Crippen LogP contribution in [0.15, 0.2) is 24.3 Å². The summed E-state index contributed by atoms with van der Waals surface area (Å²) in [6.45, 7) is 3.18. The predicted molar refractivity (Wildman–Crippen MR) is 92.6 cm³/mol. The maximum absolute atomic E-state index is 12.1. The minimum Gasteiger partial charge on any atom is -0.378 e. The van der Waals surface area contributed by atoms with Crippen molar-refractivity contribution in [3.05, 3.63) is 34.4 Å². The molecule has 1 fully saturated rings. The molecule has 1 aliphatic rings. The fraction of sp³-hybridized carbons (Fsp3) is 0.471. The molecule has 2 rings (SSSR count). The van der Waals surface area contributed by atoms with Gasteiger partial charge in [-0.1, -0.05) is 18.1 Å². The number of piperidine rings is 1. The average molecular weight is 330 g/mol. The molecule has 0 aromatic heterocycles. The van der Waals surface area contributed by atoms with Crippen molar-refractivity contribution in [1.29, 1.82) is 0 Å². The summed E-state index contributed by atoms with van der Waals surface area (Å²) in [5, 5.41) is 16.8. The predicted octanol–water partition coefficient (Wildman–Crippen LogP) is 1.47. The van der Waals surface area contributed by atoms with Crippen LogP contribution in [0.3, 0.4) is 0 Å². The minimum atomic E-state index is -0.426. The summed E-state index contributed by atoms with van der Waals surface area (Å²) in [5.74, 6) is 2.68. The van der Waals surface area contributed by atoms with Crippen LogP contribution in [0.5, 0.6) is 0 Å². The fourth-order valence-electron chi connectivity index (χ4n) is 2.79. The van der Waals surface area contributed by atoms with Crippen molar-refractivity contribution in [2.75, 3.05) is 38.0 Å². The molecular weight excluding hydrogens is 308 g/mol. The van der Waals surface area contributed by atoms with Crippen molar-refractivity contribution in [1.82, 2.24) is 10.2 Å². The SMILES string of the molecule is C#CCN1CCC(C(=O)NCCNc2ccccc2[N+](=O)[O-])CC1. The third kappa shape index (κ3) is 4.96. The Hall–Kier alpha value is -2.59. The molecule has 1 aromatic carbocycles. The Balaban J connectivity index is 1.71. The van der Waals surface area contributed by atoms with Crippen molar-refractivity contribution in [2.24, 2.45) is 5.92 Å². The average Bonchev–Trinajstić information content (AvgIpc) is 2.59. The summed E-state index contributed by atoms with van der Waals surface area (Å²) >= 11 is 0. The number of nitrogens with one attached hydrogen (secondary N) is 2. The molecule has 7 nitrogen and oxygen atoms in total. The molecule has 1 heterocycles. The summed E-state index contributed by atoms with van der Waals surface area (Å²) in [6, 6.07) is 6.46. The van der Waals surface area contributed by atoms with E-state index in [0.29, 0.717) is 25.3 Å². The number of anilines is 1. The topological polar surface area (TPSA) is 87.5 Å². The zero-order valence-electron chi connectivity index (χ0n) is 13.5. The lowest BCUT2D eigenvalue weighted by molar-refractivity contribution is -0.384. The molecule has 0 radical (unpaired) electrons. The molecule has 1 saturated heterocycles. The number of nitro groups is 1. The van der Waals surface area contributed by atoms with Crippen LogP contribution < -0.4 is 10.6 Å². The first-order valence-electron chi connectivity index (χ1n) is 8.02. The Bertz CT molecular complexity index is 619. The molecule has 24 heavy (non-hydrogen) atoms. The maximum Gasteiger partial charge on any atom is 0.292 e. The largest absolute Gasteiger partial charge is 0.378 e. The van der Waals surface area contributed by atoms with Crippen molar-refractivity contribution in [2.45, 2.75) is 12.8 Å². The molecule has 1 amide bonds. The van der Waals surface area contributed by atoms with Gasteiger partial charge in [-0.25, -0.2) is 0 Å². The second-order valence-corrected chi connectivity index (χ2v) is 5.75. The third-order valence-electron chi connectivity index (χ3n) is 4.11. The van der Waals surface area contributed by atoms with Crippen LogP contribution >= 0.6 is 0 Å². The number of nitro benzene ring substituents is 1. The lowest BCUT2D eigenvalue weighted by Gasteiger charge is -2.29. The number of nitrogens with zero attached hydrogens (tertiary/aromatic N) is 2. The Morgan fingerprint density at radius 1 is 1.33 bits per heavy atom. The first-order chi connectivity index (χ1) is 11.6. The van der Waals surface area contributed by atoms with Gasteiger partial charge in [0.1, 0.15) is 5.69 Å². The highest BCUT2D eigenvalue weighted by molar-refractivity contribution is 5.78. The van der Waals surface area contributed by atoms with Crippen LogP contribution in [-0.4, -0.2) is 48.5 Å². The van der Waals surface area contributed by atoms with Crippen LogP contribution in [0.4, 0.5) is 11.4 Å². The Morgan fingerprint density at radius 3 is 2.71 bits per heavy atom. The molecule has 0 unspecified atom stereocenters. The van der Waals surface area contributed by atoms with Crippen molar-refractivity contribution in [3.63, 3.8) is 0 Å². The van der Waals surface area contributed by atoms with Crippen LogP contribution in [0.2, 0.25) is 0 Å². The lowest BCUT2D eigenvalue weighted by atomic mass is 9.96. The summed E-state index contributed by atoms with van der Waals surface area (Å²) in [5.41, 5.74) is 0.490.